The molecule has 0 saturated carbocycles. The lowest BCUT2D eigenvalue weighted by molar-refractivity contribution is 0.271. The van der Waals surface area contributed by atoms with Gasteiger partial charge in [0.1, 0.15) is 16.6 Å². The first-order valence-electron chi connectivity index (χ1n) is 11.4. The zero-order chi connectivity index (χ0) is 23.7. The zero-order valence-electron chi connectivity index (χ0n) is 19.2. The predicted molar refractivity (Wildman–Crippen MR) is 135 cm³/mol. The van der Waals surface area contributed by atoms with Gasteiger partial charge in [-0.15, -0.1) is 0 Å². The number of pyridine rings is 1. The molecule has 1 N–H and O–H groups in total. The SMILES string of the molecule is CCN1CCN(c2ccc(Nc3ncnc(Oc4ccc5c(c4F)C=C(C)C5)c3Br)nc2)CC1. The summed E-state index contributed by atoms with van der Waals surface area (Å²) in [6, 6.07) is 7.51. The highest BCUT2D eigenvalue weighted by Gasteiger charge is 2.20. The number of benzene rings is 1. The highest BCUT2D eigenvalue weighted by Crippen LogP contribution is 2.37. The van der Waals surface area contributed by atoms with Crippen LogP contribution in [0.4, 0.5) is 21.7 Å². The van der Waals surface area contributed by atoms with Crippen LogP contribution in [0.1, 0.15) is 25.0 Å². The molecule has 1 aromatic carbocycles. The van der Waals surface area contributed by atoms with Gasteiger partial charge in [-0.1, -0.05) is 24.6 Å². The third-order valence-corrected chi connectivity index (χ3v) is 6.95. The van der Waals surface area contributed by atoms with Crippen LogP contribution in [0.15, 0.2) is 46.8 Å². The lowest BCUT2D eigenvalue weighted by Crippen LogP contribution is -2.46. The Balaban J connectivity index is 1.30. The Morgan fingerprint density at radius 2 is 1.91 bits per heavy atom. The first kappa shape index (κ1) is 22.7. The lowest BCUT2D eigenvalue weighted by Gasteiger charge is -2.35. The second kappa shape index (κ2) is 9.68. The molecule has 1 aliphatic heterocycles. The summed E-state index contributed by atoms with van der Waals surface area (Å²) in [5.74, 6) is 1.09. The van der Waals surface area contributed by atoms with Crippen molar-refractivity contribution in [1.29, 1.82) is 0 Å². The Morgan fingerprint density at radius 1 is 1.09 bits per heavy atom. The van der Waals surface area contributed by atoms with Crippen LogP contribution in [0.25, 0.3) is 6.08 Å². The van der Waals surface area contributed by atoms with Crippen molar-refractivity contribution in [3.8, 4) is 11.6 Å². The Hall–Kier alpha value is -3.04. The fourth-order valence-corrected chi connectivity index (χ4v) is 4.69. The quantitative estimate of drug-likeness (QED) is 0.462. The third-order valence-electron chi connectivity index (χ3n) is 6.24. The molecule has 176 valence electrons. The van der Waals surface area contributed by atoms with Gasteiger partial charge in [0.05, 0.1) is 11.9 Å². The molecule has 1 aliphatic carbocycles. The van der Waals surface area contributed by atoms with Gasteiger partial charge in [0.15, 0.2) is 17.4 Å². The molecule has 1 fully saturated rings. The van der Waals surface area contributed by atoms with Gasteiger partial charge in [-0.2, -0.15) is 0 Å². The van der Waals surface area contributed by atoms with Gasteiger partial charge in [-0.3, -0.25) is 0 Å². The van der Waals surface area contributed by atoms with Crippen molar-refractivity contribution >= 4 is 39.3 Å². The number of likely N-dealkylation sites (N-methyl/N-ethyl adjacent to an activating group) is 1. The second-order valence-electron chi connectivity index (χ2n) is 8.51. The maximum absolute atomic E-state index is 15.0. The monoisotopic (exact) mass is 524 g/mol. The van der Waals surface area contributed by atoms with Crippen LogP contribution in [0.2, 0.25) is 0 Å². The fraction of sp³-hybridized carbons (Fsp3) is 0.320. The van der Waals surface area contributed by atoms with Gasteiger partial charge in [0.25, 0.3) is 0 Å². The number of anilines is 3. The molecule has 2 aromatic heterocycles. The van der Waals surface area contributed by atoms with Crippen molar-refractivity contribution in [3.63, 3.8) is 0 Å². The minimum Gasteiger partial charge on any atom is -0.435 e. The number of nitrogens with one attached hydrogen (secondary N) is 1. The molecule has 7 nitrogen and oxygen atoms in total. The van der Waals surface area contributed by atoms with E-state index in [0.717, 1.165) is 56.0 Å². The van der Waals surface area contributed by atoms with E-state index in [-0.39, 0.29) is 17.4 Å². The van der Waals surface area contributed by atoms with Crippen molar-refractivity contribution < 1.29 is 9.13 Å². The minimum atomic E-state index is -0.383. The largest absolute Gasteiger partial charge is 0.435 e. The maximum atomic E-state index is 15.0. The highest BCUT2D eigenvalue weighted by molar-refractivity contribution is 9.10. The van der Waals surface area contributed by atoms with Crippen molar-refractivity contribution in [1.82, 2.24) is 19.9 Å². The molecule has 0 bridgehead atoms. The number of fused-ring (bicyclic) bond motifs is 1. The number of piperazine rings is 1. The zero-order valence-corrected chi connectivity index (χ0v) is 20.8. The summed E-state index contributed by atoms with van der Waals surface area (Å²) in [4.78, 5) is 17.8. The number of halogens is 2. The van der Waals surface area contributed by atoms with Gasteiger partial charge >= 0.3 is 0 Å². The molecule has 0 spiro atoms. The topological polar surface area (TPSA) is 66.4 Å². The van der Waals surface area contributed by atoms with Gasteiger partial charge in [0, 0.05) is 31.7 Å². The Kier molecular flexibility index (Phi) is 6.47. The van der Waals surface area contributed by atoms with Crippen molar-refractivity contribution in [2.24, 2.45) is 0 Å². The Morgan fingerprint density at radius 3 is 2.65 bits per heavy atom. The molecular formula is C25H26BrFN6O. The molecule has 0 amide bonds. The summed E-state index contributed by atoms with van der Waals surface area (Å²) in [6.07, 6.45) is 5.86. The van der Waals surface area contributed by atoms with Gasteiger partial charge in [-0.25, -0.2) is 19.3 Å². The number of nitrogens with zero attached hydrogens (tertiary/aromatic N) is 5. The molecule has 0 radical (unpaired) electrons. The van der Waals surface area contributed by atoms with Crippen LogP contribution in [0.3, 0.4) is 0 Å². The average Bonchev–Trinajstić information content (AvgIpc) is 3.25. The summed E-state index contributed by atoms with van der Waals surface area (Å²) in [5.41, 5.74) is 3.78. The summed E-state index contributed by atoms with van der Waals surface area (Å²) >= 11 is 3.49. The van der Waals surface area contributed by atoms with Crippen LogP contribution in [-0.4, -0.2) is 52.6 Å². The summed E-state index contributed by atoms with van der Waals surface area (Å²) in [7, 11) is 0. The maximum Gasteiger partial charge on any atom is 0.239 e. The number of ether oxygens (including phenoxy) is 1. The third kappa shape index (κ3) is 4.63. The van der Waals surface area contributed by atoms with E-state index in [1.807, 2.05) is 31.3 Å². The lowest BCUT2D eigenvalue weighted by atomic mass is 10.1. The predicted octanol–water partition coefficient (Wildman–Crippen LogP) is 5.41. The Bertz CT molecular complexity index is 1220. The van der Waals surface area contributed by atoms with Crippen LogP contribution >= 0.6 is 15.9 Å². The van der Waals surface area contributed by atoms with E-state index >= 15 is 0 Å². The standard InChI is InChI=1S/C25H26BrFN6O/c1-3-32-8-10-33(11-9-32)18-5-7-21(28-14-18)31-24-22(26)25(30-15-29-24)34-20-6-4-17-12-16(2)13-19(17)23(20)27/h4-7,13-15H,3,8-12H2,1-2H3,(H,28,29,30,31). The van der Waals surface area contributed by atoms with Crippen molar-refractivity contribution in [2.45, 2.75) is 20.3 Å². The number of rotatable bonds is 6. The van der Waals surface area contributed by atoms with E-state index in [1.165, 1.54) is 6.33 Å². The molecular weight excluding hydrogens is 499 g/mol. The number of allylic oxidation sites excluding steroid dienone is 1. The number of hydrogen-bond acceptors (Lipinski definition) is 7. The number of hydrogen-bond donors (Lipinski definition) is 1. The van der Waals surface area contributed by atoms with Gasteiger partial charge in [0.2, 0.25) is 5.88 Å². The Labute approximate surface area is 206 Å². The van der Waals surface area contributed by atoms with E-state index in [0.29, 0.717) is 21.7 Å². The summed E-state index contributed by atoms with van der Waals surface area (Å²) in [6.45, 7) is 9.39. The van der Waals surface area contributed by atoms with Crippen molar-refractivity contribution in [3.05, 3.63) is 63.8 Å². The molecule has 3 aromatic rings. The van der Waals surface area contributed by atoms with E-state index < -0.39 is 0 Å². The molecule has 5 rings (SSSR count). The highest BCUT2D eigenvalue weighted by atomic mass is 79.9. The van der Waals surface area contributed by atoms with E-state index in [9.17, 15) is 4.39 Å². The van der Waals surface area contributed by atoms with Crippen LogP contribution in [0.5, 0.6) is 11.6 Å². The molecule has 0 atom stereocenters. The van der Waals surface area contributed by atoms with E-state index in [2.05, 4.69) is 59.0 Å². The molecule has 9 heteroatoms. The first-order chi connectivity index (χ1) is 16.5. The fourth-order valence-electron chi connectivity index (χ4n) is 4.31. The van der Waals surface area contributed by atoms with Crippen molar-refractivity contribution in [2.75, 3.05) is 42.9 Å². The smallest absolute Gasteiger partial charge is 0.239 e. The summed E-state index contributed by atoms with van der Waals surface area (Å²) in [5, 5.41) is 3.19. The van der Waals surface area contributed by atoms with Gasteiger partial charge < -0.3 is 19.9 Å². The van der Waals surface area contributed by atoms with Crippen LogP contribution in [0, 0.1) is 5.82 Å². The molecule has 0 unspecified atom stereocenters. The van der Waals surface area contributed by atoms with Crippen LogP contribution < -0.4 is 15.0 Å². The average molecular weight is 525 g/mol. The molecule has 2 aliphatic rings. The second-order valence-corrected chi connectivity index (χ2v) is 9.30. The first-order valence-corrected chi connectivity index (χ1v) is 12.2. The minimum absolute atomic E-state index is 0.126. The molecule has 3 heterocycles. The summed E-state index contributed by atoms with van der Waals surface area (Å²) < 4.78 is 21.3. The number of aromatic nitrogens is 3. The van der Waals surface area contributed by atoms with Crippen LogP contribution in [-0.2, 0) is 6.42 Å². The molecule has 34 heavy (non-hydrogen) atoms. The van der Waals surface area contributed by atoms with Gasteiger partial charge in [-0.05, 0) is 59.6 Å². The van der Waals surface area contributed by atoms with E-state index in [1.54, 1.807) is 6.07 Å². The normalized spacial score (nSPS) is 15.8. The van der Waals surface area contributed by atoms with E-state index in [4.69, 9.17) is 4.74 Å². The molecule has 1 saturated heterocycles.